The number of anilines is 1. The van der Waals surface area contributed by atoms with E-state index in [1.54, 1.807) is 0 Å². The van der Waals surface area contributed by atoms with E-state index in [0.29, 0.717) is 4.88 Å². The predicted octanol–water partition coefficient (Wildman–Crippen LogP) is 2.76. The van der Waals surface area contributed by atoms with Crippen LogP contribution in [0, 0.1) is 5.81 Å². The normalized spacial score (nSPS) is 9.56. The SMILES string of the molecule is Nc1nc(C(=O)OC#P=O)c(-c2ccccc2)s1. The monoisotopic (exact) mass is 278 g/mol. The van der Waals surface area contributed by atoms with E-state index >= 15 is 0 Å². The molecule has 0 radical (unpaired) electrons. The molecular weight excluding hydrogens is 271 g/mol. The second-order valence-electron chi connectivity index (χ2n) is 3.17. The molecule has 0 bridgehead atoms. The molecule has 0 unspecified atom stereocenters. The first kappa shape index (κ1) is 12.6. The van der Waals surface area contributed by atoms with Crippen LogP contribution in [0.25, 0.3) is 10.4 Å². The summed E-state index contributed by atoms with van der Waals surface area (Å²) in [6.45, 7) is 0. The molecule has 0 amide bonds. The second-order valence-corrected chi connectivity index (χ2v) is 4.56. The van der Waals surface area contributed by atoms with Crippen LogP contribution in [0.5, 0.6) is 0 Å². The van der Waals surface area contributed by atoms with Gasteiger partial charge in [-0.25, -0.2) is 0 Å². The number of nitrogen functional groups attached to an aromatic ring is 1. The number of carbonyl (C=O) groups excluding carboxylic acids is 1. The average molecular weight is 278 g/mol. The van der Waals surface area contributed by atoms with Crippen molar-refractivity contribution in [2.75, 3.05) is 5.73 Å². The van der Waals surface area contributed by atoms with E-state index in [0.717, 1.165) is 5.56 Å². The van der Waals surface area contributed by atoms with E-state index in [2.05, 4.69) is 9.72 Å². The van der Waals surface area contributed by atoms with E-state index < -0.39 is 13.9 Å². The van der Waals surface area contributed by atoms with Crippen molar-refractivity contribution < 1.29 is 14.1 Å². The van der Waals surface area contributed by atoms with E-state index in [1.165, 1.54) is 11.3 Å². The van der Waals surface area contributed by atoms with Crippen LogP contribution in [-0.2, 0) is 9.30 Å². The second kappa shape index (κ2) is 5.65. The van der Waals surface area contributed by atoms with Gasteiger partial charge in [-0.3, -0.25) is 0 Å². The number of nitrogens with two attached hydrogens (primary N) is 1. The first-order valence-corrected chi connectivity index (χ1v) is 6.45. The van der Waals surface area contributed by atoms with Crippen molar-refractivity contribution in [3.8, 4) is 16.3 Å². The number of aromatic nitrogens is 1. The standard InChI is InChI=1S/C11H7N2O3PS/c12-11-13-8(10(14)16-6-17-15)9(18-11)7-4-2-1-3-5-7/h1-5H,(H2,12,13). The molecule has 1 heterocycles. The van der Waals surface area contributed by atoms with Crippen LogP contribution in [0.4, 0.5) is 5.13 Å². The van der Waals surface area contributed by atoms with Gasteiger partial charge in [0.2, 0.25) is 0 Å². The Balaban J connectivity index is 2.45. The van der Waals surface area contributed by atoms with Gasteiger partial charge in [0.05, 0.1) is 0 Å². The molecule has 2 N–H and O–H groups in total. The van der Waals surface area contributed by atoms with Crippen molar-refractivity contribution in [1.29, 1.82) is 0 Å². The number of thiazole rings is 1. The van der Waals surface area contributed by atoms with Gasteiger partial charge in [0.25, 0.3) is 0 Å². The summed E-state index contributed by atoms with van der Waals surface area (Å²) in [5, 5.41) is 0.264. The number of carbonyl (C=O) groups is 1. The van der Waals surface area contributed by atoms with Gasteiger partial charge >= 0.3 is 107 Å². The quantitative estimate of drug-likeness (QED) is 0.674. The summed E-state index contributed by atoms with van der Waals surface area (Å²) in [5.41, 5.74) is 6.51. The molecule has 0 saturated carbocycles. The number of hydrogen-bond donors (Lipinski definition) is 1. The molecule has 1 aromatic heterocycles. The number of esters is 1. The zero-order valence-corrected chi connectivity index (χ0v) is 10.7. The molecule has 0 fully saturated rings. The van der Waals surface area contributed by atoms with Gasteiger partial charge < -0.3 is 0 Å². The summed E-state index contributed by atoms with van der Waals surface area (Å²) < 4.78 is 14.7. The summed E-state index contributed by atoms with van der Waals surface area (Å²) in [4.78, 5) is 16.2. The third-order valence-electron chi connectivity index (χ3n) is 2.05. The molecule has 18 heavy (non-hydrogen) atoms. The molecule has 2 rings (SSSR count). The Hall–Kier alpha value is -1.87. The van der Waals surface area contributed by atoms with Crippen molar-refractivity contribution in [3.05, 3.63) is 36.0 Å². The molecule has 90 valence electrons. The number of hydrogen-bond acceptors (Lipinski definition) is 6. The summed E-state index contributed by atoms with van der Waals surface area (Å²) in [7, 11) is -0.499. The Morgan fingerprint density at radius 1 is 1.39 bits per heavy atom. The van der Waals surface area contributed by atoms with Crippen molar-refractivity contribution in [1.82, 2.24) is 4.98 Å². The Morgan fingerprint density at radius 2 is 2.11 bits per heavy atom. The zero-order chi connectivity index (χ0) is 13.0. The molecule has 2 aromatic rings. The van der Waals surface area contributed by atoms with Crippen molar-refractivity contribution in [3.63, 3.8) is 0 Å². The van der Waals surface area contributed by atoms with Crippen LogP contribution >= 0.6 is 19.3 Å². The van der Waals surface area contributed by atoms with Gasteiger partial charge in [-0.1, -0.05) is 0 Å². The Bertz CT molecular complexity index is 679. The van der Waals surface area contributed by atoms with Gasteiger partial charge in [0.1, 0.15) is 0 Å². The topological polar surface area (TPSA) is 82.3 Å². The minimum absolute atomic E-state index is 0.0971. The molecule has 0 spiro atoms. The fraction of sp³-hybridized carbons (Fsp3) is 0. The molecule has 0 aliphatic heterocycles. The van der Waals surface area contributed by atoms with E-state index in [-0.39, 0.29) is 10.8 Å². The van der Waals surface area contributed by atoms with E-state index in [1.807, 2.05) is 36.1 Å². The van der Waals surface area contributed by atoms with Crippen molar-refractivity contribution in [2.45, 2.75) is 0 Å². The Morgan fingerprint density at radius 3 is 2.78 bits per heavy atom. The fourth-order valence-electron chi connectivity index (χ4n) is 1.37. The van der Waals surface area contributed by atoms with E-state index in [4.69, 9.17) is 5.73 Å². The van der Waals surface area contributed by atoms with Crippen LogP contribution < -0.4 is 5.73 Å². The summed E-state index contributed by atoms with van der Waals surface area (Å²) in [6, 6.07) is 9.22. The molecule has 0 saturated heterocycles. The molecule has 1 aromatic carbocycles. The van der Waals surface area contributed by atoms with Gasteiger partial charge in [-0.2, -0.15) is 0 Å². The molecule has 5 nitrogen and oxygen atoms in total. The zero-order valence-electron chi connectivity index (χ0n) is 8.99. The van der Waals surface area contributed by atoms with Crippen molar-refractivity contribution >= 4 is 30.4 Å². The maximum atomic E-state index is 11.7. The average Bonchev–Trinajstić information content (AvgIpc) is 2.79. The molecule has 0 aliphatic rings. The maximum absolute atomic E-state index is 11.7. The molecule has 0 atom stereocenters. The first-order chi connectivity index (χ1) is 8.72. The summed E-state index contributed by atoms with van der Waals surface area (Å²) in [6.07, 6.45) is 0. The van der Waals surface area contributed by atoms with Crippen molar-refractivity contribution in [2.24, 2.45) is 0 Å². The minimum atomic E-state index is -0.731. The Labute approximate surface area is 108 Å². The van der Waals surface area contributed by atoms with Crippen LogP contribution in [-0.4, -0.2) is 11.0 Å². The number of ether oxygens (including phenoxy) is 1. The fourth-order valence-corrected chi connectivity index (χ4v) is 2.31. The first-order valence-electron chi connectivity index (χ1n) is 4.82. The number of rotatable bonds is 2. The van der Waals surface area contributed by atoms with Crippen LogP contribution in [0.2, 0.25) is 0 Å². The molecule has 0 aliphatic carbocycles. The molecular formula is C11H7N2O3PS. The third kappa shape index (κ3) is 2.68. The van der Waals surface area contributed by atoms with Crippen LogP contribution in [0.15, 0.2) is 30.3 Å². The number of benzene rings is 1. The van der Waals surface area contributed by atoms with Crippen LogP contribution in [0.1, 0.15) is 10.5 Å². The Kier molecular flexibility index (Phi) is 3.95. The third-order valence-corrected chi connectivity index (χ3v) is 3.15. The van der Waals surface area contributed by atoms with E-state index in [9.17, 15) is 9.36 Å². The van der Waals surface area contributed by atoms with Gasteiger partial charge in [0, 0.05) is 0 Å². The predicted molar refractivity (Wildman–Crippen MR) is 68.9 cm³/mol. The number of nitrogens with zero attached hydrogens (tertiary/aromatic N) is 1. The van der Waals surface area contributed by atoms with Gasteiger partial charge in [-0.05, 0) is 0 Å². The van der Waals surface area contributed by atoms with Crippen LogP contribution in [0.3, 0.4) is 0 Å². The van der Waals surface area contributed by atoms with Gasteiger partial charge in [0.15, 0.2) is 0 Å². The summed E-state index contributed by atoms with van der Waals surface area (Å²) >= 11 is 1.19. The summed E-state index contributed by atoms with van der Waals surface area (Å²) in [5.74, 6) is 1.19. The van der Waals surface area contributed by atoms with Gasteiger partial charge in [-0.15, -0.1) is 0 Å². The molecule has 7 heteroatoms.